The van der Waals surface area contributed by atoms with Crippen molar-refractivity contribution in [1.82, 2.24) is 5.32 Å². The van der Waals surface area contributed by atoms with Gasteiger partial charge in [0, 0.05) is 0 Å². The summed E-state index contributed by atoms with van der Waals surface area (Å²) < 4.78 is 0. The molecule has 0 aliphatic heterocycles. The molecule has 1 unspecified atom stereocenters. The van der Waals surface area contributed by atoms with Gasteiger partial charge < -0.3 is 10.4 Å². The number of carboxylic acid groups (broad SMARTS) is 1. The predicted molar refractivity (Wildman–Crippen MR) is 93.9 cm³/mol. The highest BCUT2D eigenvalue weighted by molar-refractivity contribution is 5.86. The monoisotopic (exact) mass is 321 g/mol. The number of carboxylic acids is 1. The Bertz CT molecular complexity index is 595. The van der Waals surface area contributed by atoms with E-state index in [-0.39, 0.29) is 12.4 Å². The smallest absolute Gasteiger partial charge is 0.320 e. The Morgan fingerprint density at radius 3 is 2.64 bits per heavy atom. The number of aryl methyl sites for hydroxylation is 1. The van der Waals surface area contributed by atoms with Crippen LogP contribution in [0.1, 0.15) is 31.7 Å². The third kappa shape index (κ3) is 5.00. The Kier molecular flexibility index (Phi) is 7.92. The molecule has 3 nitrogen and oxygen atoms in total. The van der Waals surface area contributed by atoms with Crippen molar-refractivity contribution in [2.75, 3.05) is 6.54 Å². The topological polar surface area (TPSA) is 49.3 Å². The fourth-order valence-corrected chi connectivity index (χ4v) is 2.67. The van der Waals surface area contributed by atoms with Crippen molar-refractivity contribution in [2.45, 2.75) is 38.6 Å². The van der Waals surface area contributed by atoms with Gasteiger partial charge in [0.05, 0.1) is 0 Å². The molecule has 0 bridgehead atoms. The summed E-state index contributed by atoms with van der Waals surface area (Å²) in [6, 6.07) is 14.3. The number of hydrogen-bond acceptors (Lipinski definition) is 2. The number of rotatable bonds is 8. The minimum Gasteiger partial charge on any atom is -0.480 e. The molecule has 120 valence electrons. The molecule has 0 fully saturated rings. The van der Waals surface area contributed by atoms with E-state index in [9.17, 15) is 4.79 Å². The minimum absolute atomic E-state index is 0. The van der Waals surface area contributed by atoms with Crippen molar-refractivity contribution in [1.29, 1.82) is 0 Å². The number of halogens is 1. The van der Waals surface area contributed by atoms with Gasteiger partial charge in [-0.05, 0) is 42.1 Å². The maximum absolute atomic E-state index is 11.1. The summed E-state index contributed by atoms with van der Waals surface area (Å²) in [6.45, 7) is 2.74. The predicted octanol–water partition coefficient (Wildman–Crippen LogP) is 4.04. The van der Waals surface area contributed by atoms with E-state index in [1.54, 1.807) is 0 Å². The fraction of sp³-hybridized carbons (Fsp3) is 0.389. The van der Waals surface area contributed by atoms with E-state index >= 15 is 0 Å². The standard InChI is InChI=1S/C18H23NO2.ClH/c1-2-7-17(18(20)21)19-13-6-11-15-10-5-9-14-8-3-4-12-16(14)15;/h3-5,8-10,12,17,19H,2,6-7,11,13H2,1H3,(H,20,21);1H. The minimum atomic E-state index is -0.748. The molecule has 2 aromatic rings. The van der Waals surface area contributed by atoms with Crippen LogP contribution in [0.5, 0.6) is 0 Å². The summed E-state index contributed by atoms with van der Waals surface area (Å²) in [7, 11) is 0. The second-order valence-corrected chi connectivity index (χ2v) is 5.38. The number of fused-ring (bicyclic) bond motifs is 1. The van der Waals surface area contributed by atoms with Crippen LogP contribution in [0.4, 0.5) is 0 Å². The lowest BCUT2D eigenvalue weighted by molar-refractivity contribution is -0.139. The normalized spacial score (nSPS) is 11.9. The highest BCUT2D eigenvalue weighted by Gasteiger charge is 2.14. The maximum atomic E-state index is 11.1. The Balaban J connectivity index is 0.00000242. The lowest BCUT2D eigenvalue weighted by Gasteiger charge is -2.13. The number of hydrogen-bond donors (Lipinski definition) is 2. The van der Waals surface area contributed by atoms with Crippen molar-refractivity contribution < 1.29 is 9.90 Å². The van der Waals surface area contributed by atoms with Crippen molar-refractivity contribution >= 4 is 29.1 Å². The van der Waals surface area contributed by atoms with Gasteiger partial charge in [0.1, 0.15) is 6.04 Å². The average Bonchev–Trinajstić information content (AvgIpc) is 2.50. The number of benzene rings is 2. The van der Waals surface area contributed by atoms with Crippen LogP contribution in [0.25, 0.3) is 10.8 Å². The molecule has 0 aliphatic carbocycles. The van der Waals surface area contributed by atoms with Crippen molar-refractivity contribution in [3.05, 3.63) is 48.0 Å². The van der Waals surface area contributed by atoms with Gasteiger partial charge in [-0.3, -0.25) is 4.79 Å². The zero-order valence-corrected chi connectivity index (χ0v) is 13.7. The molecule has 4 heteroatoms. The molecular weight excluding hydrogens is 298 g/mol. The summed E-state index contributed by atoms with van der Waals surface area (Å²) in [5.74, 6) is -0.748. The summed E-state index contributed by atoms with van der Waals surface area (Å²) >= 11 is 0. The first-order valence-corrected chi connectivity index (χ1v) is 7.65. The molecule has 0 heterocycles. The first kappa shape index (κ1) is 18.5. The van der Waals surface area contributed by atoms with Gasteiger partial charge in [0.25, 0.3) is 0 Å². The van der Waals surface area contributed by atoms with Crippen molar-refractivity contribution in [3.8, 4) is 0 Å². The molecular formula is C18H24ClNO2. The van der Waals surface area contributed by atoms with Crippen LogP contribution in [0.3, 0.4) is 0 Å². The zero-order valence-electron chi connectivity index (χ0n) is 12.9. The SMILES string of the molecule is CCCC(NCCCc1cccc2ccccc12)C(=O)O.Cl. The van der Waals surface area contributed by atoms with Gasteiger partial charge in [-0.25, -0.2) is 0 Å². The second kappa shape index (κ2) is 9.44. The summed E-state index contributed by atoms with van der Waals surface area (Å²) in [6.07, 6.45) is 3.48. The van der Waals surface area contributed by atoms with E-state index in [4.69, 9.17) is 5.11 Å². The molecule has 22 heavy (non-hydrogen) atoms. The first-order valence-electron chi connectivity index (χ1n) is 7.65. The number of aliphatic carboxylic acids is 1. The molecule has 0 spiro atoms. The van der Waals surface area contributed by atoms with Gasteiger partial charge in [0.2, 0.25) is 0 Å². The van der Waals surface area contributed by atoms with Gasteiger partial charge in [0.15, 0.2) is 0 Å². The number of carbonyl (C=O) groups is 1. The number of nitrogens with one attached hydrogen (secondary N) is 1. The molecule has 0 aliphatic rings. The highest BCUT2D eigenvalue weighted by Crippen LogP contribution is 2.19. The Morgan fingerprint density at radius 2 is 1.91 bits per heavy atom. The fourth-order valence-electron chi connectivity index (χ4n) is 2.67. The molecule has 0 radical (unpaired) electrons. The third-order valence-corrected chi connectivity index (χ3v) is 3.77. The third-order valence-electron chi connectivity index (χ3n) is 3.77. The largest absolute Gasteiger partial charge is 0.480 e. The van der Waals surface area contributed by atoms with Crippen LogP contribution in [0, 0.1) is 0 Å². The molecule has 0 aromatic heterocycles. The molecule has 2 aromatic carbocycles. The Labute approximate surface area is 138 Å². The summed E-state index contributed by atoms with van der Waals surface area (Å²) in [5, 5.41) is 14.8. The van der Waals surface area contributed by atoms with E-state index < -0.39 is 12.0 Å². The van der Waals surface area contributed by atoms with Gasteiger partial charge in [-0.2, -0.15) is 0 Å². The maximum Gasteiger partial charge on any atom is 0.320 e. The van der Waals surface area contributed by atoms with E-state index in [1.165, 1.54) is 16.3 Å². The van der Waals surface area contributed by atoms with E-state index in [0.717, 1.165) is 25.8 Å². The second-order valence-electron chi connectivity index (χ2n) is 5.38. The first-order chi connectivity index (χ1) is 10.2. The van der Waals surface area contributed by atoms with Gasteiger partial charge in [-0.1, -0.05) is 55.8 Å². The van der Waals surface area contributed by atoms with Crippen LogP contribution in [-0.2, 0) is 11.2 Å². The molecule has 1 atom stereocenters. The lowest BCUT2D eigenvalue weighted by atomic mass is 10.0. The summed E-state index contributed by atoms with van der Waals surface area (Å²) in [4.78, 5) is 11.1. The van der Waals surface area contributed by atoms with E-state index in [2.05, 4.69) is 47.8 Å². The summed E-state index contributed by atoms with van der Waals surface area (Å²) in [5.41, 5.74) is 1.33. The van der Waals surface area contributed by atoms with Crippen molar-refractivity contribution in [3.63, 3.8) is 0 Å². The van der Waals surface area contributed by atoms with E-state index in [1.807, 2.05) is 6.92 Å². The zero-order chi connectivity index (χ0) is 15.1. The van der Waals surface area contributed by atoms with Crippen LogP contribution < -0.4 is 5.32 Å². The van der Waals surface area contributed by atoms with Crippen molar-refractivity contribution in [2.24, 2.45) is 0 Å². The van der Waals surface area contributed by atoms with Crippen LogP contribution in [0.15, 0.2) is 42.5 Å². The molecule has 0 amide bonds. The molecule has 0 saturated carbocycles. The molecule has 2 N–H and O–H groups in total. The average molecular weight is 322 g/mol. The van der Waals surface area contributed by atoms with Gasteiger partial charge in [-0.15, -0.1) is 12.4 Å². The van der Waals surface area contributed by atoms with Gasteiger partial charge >= 0.3 is 5.97 Å². The quantitative estimate of drug-likeness (QED) is 0.721. The van der Waals surface area contributed by atoms with Crippen LogP contribution in [-0.4, -0.2) is 23.7 Å². The lowest BCUT2D eigenvalue weighted by Crippen LogP contribution is -2.37. The van der Waals surface area contributed by atoms with E-state index in [0.29, 0.717) is 6.42 Å². The molecule has 2 rings (SSSR count). The Hall–Kier alpha value is -1.58. The Morgan fingerprint density at radius 1 is 1.18 bits per heavy atom. The van der Waals surface area contributed by atoms with Crippen LogP contribution in [0.2, 0.25) is 0 Å². The highest BCUT2D eigenvalue weighted by atomic mass is 35.5. The molecule has 0 saturated heterocycles. The van der Waals surface area contributed by atoms with Crippen LogP contribution >= 0.6 is 12.4 Å².